The molecule has 0 fully saturated rings. The van der Waals surface area contributed by atoms with Gasteiger partial charge in [0, 0.05) is 19.3 Å². The number of hydrogen-bond donors (Lipinski definition) is 3. The lowest BCUT2D eigenvalue weighted by atomic mass is 10.3. The van der Waals surface area contributed by atoms with Gasteiger partial charge >= 0.3 is 0 Å². The first-order chi connectivity index (χ1) is 8.52. The second-order valence-corrected chi connectivity index (χ2v) is 4.03. The Morgan fingerprint density at radius 3 is 3.06 bits per heavy atom. The third-order valence-corrected chi connectivity index (χ3v) is 2.23. The number of aryl methyl sites for hydroxylation is 1. The van der Waals surface area contributed by atoms with E-state index in [4.69, 9.17) is 10.5 Å². The van der Waals surface area contributed by atoms with E-state index < -0.39 is 0 Å². The number of guanidine groups is 1. The van der Waals surface area contributed by atoms with E-state index in [1.807, 2.05) is 6.92 Å². The molecule has 100 valence electrons. The fraction of sp³-hybridized carbons (Fsp3) is 0.545. The van der Waals surface area contributed by atoms with Gasteiger partial charge in [-0.25, -0.2) is 9.98 Å². The Kier molecular flexibility index (Phi) is 5.31. The SMILES string of the molecule is COCC(C)NC(N)=NCc1cnc(C)[nH]c1=O. The Hall–Kier alpha value is -1.89. The number of ether oxygens (including phenoxy) is 1. The van der Waals surface area contributed by atoms with Gasteiger partial charge in [0.05, 0.1) is 18.7 Å². The number of nitrogens with two attached hydrogens (primary N) is 1. The van der Waals surface area contributed by atoms with Gasteiger partial charge in [-0.15, -0.1) is 0 Å². The molecule has 0 saturated carbocycles. The van der Waals surface area contributed by atoms with Crippen LogP contribution in [0.25, 0.3) is 0 Å². The molecule has 1 aromatic rings. The Bertz CT molecular complexity index is 469. The summed E-state index contributed by atoms with van der Waals surface area (Å²) in [6.45, 7) is 4.37. The standard InChI is InChI=1S/C11H19N5O2/c1-7(6-18-3)15-11(12)14-5-9-4-13-8(2)16-10(9)17/h4,7H,5-6H2,1-3H3,(H3,12,14,15)(H,13,16,17). The van der Waals surface area contributed by atoms with E-state index in [0.29, 0.717) is 18.0 Å². The number of nitrogens with one attached hydrogen (secondary N) is 2. The number of aromatic nitrogens is 2. The summed E-state index contributed by atoms with van der Waals surface area (Å²) in [6.07, 6.45) is 1.50. The van der Waals surface area contributed by atoms with Gasteiger partial charge in [0.2, 0.25) is 0 Å². The first-order valence-electron chi connectivity index (χ1n) is 5.63. The van der Waals surface area contributed by atoms with Crippen LogP contribution >= 0.6 is 0 Å². The Morgan fingerprint density at radius 1 is 1.72 bits per heavy atom. The average molecular weight is 253 g/mol. The van der Waals surface area contributed by atoms with E-state index in [1.165, 1.54) is 6.20 Å². The average Bonchev–Trinajstić information content (AvgIpc) is 2.28. The monoisotopic (exact) mass is 253 g/mol. The molecule has 1 atom stereocenters. The molecule has 0 saturated heterocycles. The molecule has 1 aromatic heterocycles. The third kappa shape index (κ3) is 4.54. The number of H-pyrrole nitrogens is 1. The van der Waals surface area contributed by atoms with Crippen LogP contribution in [0.5, 0.6) is 0 Å². The van der Waals surface area contributed by atoms with Crippen molar-refractivity contribution in [3.63, 3.8) is 0 Å². The molecule has 0 spiro atoms. The maximum atomic E-state index is 11.5. The lowest BCUT2D eigenvalue weighted by molar-refractivity contribution is 0.179. The van der Waals surface area contributed by atoms with Gasteiger partial charge in [0.25, 0.3) is 5.56 Å². The summed E-state index contributed by atoms with van der Waals surface area (Å²) in [5, 5.41) is 2.95. The first-order valence-corrected chi connectivity index (χ1v) is 5.63. The van der Waals surface area contributed by atoms with Crippen molar-refractivity contribution in [2.75, 3.05) is 13.7 Å². The Morgan fingerprint density at radius 2 is 2.44 bits per heavy atom. The topological polar surface area (TPSA) is 105 Å². The summed E-state index contributed by atoms with van der Waals surface area (Å²) in [4.78, 5) is 22.2. The highest BCUT2D eigenvalue weighted by Gasteiger charge is 2.03. The largest absolute Gasteiger partial charge is 0.383 e. The smallest absolute Gasteiger partial charge is 0.255 e. The van der Waals surface area contributed by atoms with Crippen LogP contribution in [0, 0.1) is 6.92 Å². The highest BCUT2D eigenvalue weighted by atomic mass is 16.5. The summed E-state index contributed by atoms with van der Waals surface area (Å²) in [5.41, 5.74) is 5.97. The van der Waals surface area contributed by atoms with E-state index in [2.05, 4.69) is 20.3 Å². The minimum Gasteiger partial charge on any atom is -0.383 e. The van der Waals surface area contributed by atoms with Gasteiger partial charge in [-0.3, -0.25) is 4.79 Å². The van der Waals surface area contributed by atoms with Crippen molar-refractivity contribution in [1.82, 2.24) is 15.3 Å². The minimum atomic E-state index is -0.191. The van der Waals surface area contributed by atoms with Crippen molar-refractivity contribution in [3.8, 4) is 0 Å². The molecular formula is C11H19N5O2. The number of methoxy groups -OCH3 is 1. The molecule has 0 bridgehead atoms. The zero-order chi connectivity index (χ0) is 13.5. The van der Waals surface area contributed by atoms with Crippen molar-refractivity contribution in [2.45, 2.75) is 26.4 Å². The van der Waals surface area contributed by atoms with Crippen LogP contribution in [0.15, 0.2) is 16.0 Å². The quantitative estimate of drug-likeness (QED) is 0.485. The normalized spacial score (nSPS) is 13.4. The summed E-state index contributed by atoms with van der Waals surface area (Å²) < 4.78 is 4.96. The van der Waals surface area contributed by atoms with Crippen LogP contribution < -0.4 is 16.6 Å². The van der Waals surface area contributed by atoms with Gasteiger partial charge in [-0.1, -0.05) is 0 Å². The second-order valence-electron chi connectivity index (χ2n) is 4.03. The molecule has 1 rings (SSSR count). The molecule has 7 nitrogen and oxygen atoms in total. The molecular weight excluding hydrogens is 234 g/mol. The fourth-order valence-electron chi connectivity index (χ4n) is 1.38. The second kappa shape index (κ2) is 6.75. The number of nitrogens with zero attached hydrogens (tertiary/aromatic N) is 2. The zero-order valence-electron chi connectivity index (χ0n) is 10.9. The van der Waals surface area contributed by atoms with Crippen molar-refractivity contribution >= 4 is 5.96 Å². The van der Waals surface area contributed by atoms with Gasteiger partial charge in [-0.2, -0.15) is 0 Å². The molecule has 0 radical (unpaired) electrons. The van der Waals surface area contributed by atoms with Crippen molar-refractivity contribution in [3.05, 3.63) is 27.9 Å². The molecule has 0 amide bonds. The minimum absolute atomic E-state index is 0.0631. The van der Waals surface area contributed by atoms with E-state index in [1.54, 1.807) is 14.0 Å². The van der Waals surface area contributed by atoms with Gasteiger partial charge in [0.15, 0.2) is 5.96 Å². The summed E-state index contributed by atoms with van der Waals surface area (Å²) >= 11 is 0. The van der Waals surface area contributed by atoms with E-state index in [0.717, 1.165) is 0 Å². The highest BCUT2D eigenvalue weighted by Crippen LogP contribution is 1.92. The molecule has 1 unspecified atom stereocenters. The van der Waals surface area contributed by atoms with Crippen LogP contribution in [-0.4, -0.2) is 35.7 Å². The first kappa shape index (κ1) is 14.2. The highest BCUT2D eigenvalue weighted by molar-refractivity contribution is 5.78. The Balaban J connectivity index is 2.60. The molecule has 0 aliphatic heterocycles. The molecule has 0 aliphatic carbocycles. The fourth-order valence-corrected chi connectivity index (χ4v) is 1.38. The molecule has 0 aromatic carbocycles. The van der Waals surface area contributed by atoms with E-state index in [-0.39, 0.29) is 24.1 Å². The zero-order valence-corrected chi connectivity index (χ0v) is 10.9. The maximum Gasteiger partial charge on any atom is 0.255 e. The molecule has 0 aliphatic rings. The lowest BCUT2D eigenvalue weighted by Gasteiger charge is -2.12. The number of aliphatic imine (C=N–C) groups is 1. The summed E-state index contributed by atoms with van der Waals surface area (Å²) in [5.74, 6) is 0.854. The van der Waals surface area contributed by atoms with Gasteiger partial charge in [0.1, 0.15) is 5.82 Å². The predicted octanol–water partition coefficient (Wildman–Crippen LogP) is -0.482. The summed E-state index contributed by atoms with van der Waals surface area (Å²) in [6, 6.07) is 0.0631. The Labute approximate surface area is 105 Å². The molecule has 18 heavy (non-hydrogen) atoms. The van der Waals surface area contributed by atoms with Gasteiger partial charge in [-0.05, 0) is 13.8 Å². The molecule has 7 heteroatoms. The lowest BCUT2D eigenvalue weighted by Crippen LogP contribution is -2.40. The molecule has 1 heterocycles. The van der Waals surface area contributed by atoms with Crippen LogP contribution in [-0.2, 0) is 11.3 Å². The van der Waals surface area contributed by atoms with E-state index >= 15 is 0 Å². The predicted molar refractivity (Wildman–Crippen MR) is 69.4 cm³/mol. The number of aromatic amines is 1. The third-order valence-electron chi connectivity index (χ3n) is 2.23. The number of hydrogen-bond acceptors (Lipinski definition) is 4. The van der Waals surface area contributed by atoms with Crippen LogP contribution in [0.3, 0.4) is 0 Å². The van der Waals surface area contributed by atoms with Crippen LogP contribution in [0.2, 0.25) is 0 Å². The van der Waals surface area contributed by atoms with Crippen LogP contribution in [0.1, 0.15) is 18.3 Å². The van der Waals surface area contributed by atoms with Crippen LogP contribution in [0.4, 0.5) is 0 Å². The summed E-state index contributed by atoms with van der Waals surface area (Å²) in [7, 11) is 1.61. The van der Waals surface area contributed by atoms with E-state index in [9.17, 15) is 4.79 Å². The van der Waals surface area contributed by atoms with Crippen molar-refractivity contribution < 1.29 is 4.74 Å². The number of rotatable bonds is 5. The van der Waals surface area contributed by atoms with Gasteiger partial charge < -0.3 is 20.8 Å². The van der Waals surface area contributed by atoms with Crippen molar-refractivity contribution in [2.24, 2.45) is 10.7 Å². The van der Waals surface area contributed by atoms with Crippen molar-refractivity contribution in [1.29, 1.82) is 0 Å². The molecule has 4 N–H and O–H groups in total. The maximum absolute atomic E-state index is 11.5.